The van der Waals surface area contributed by atoms with Crippen LogP contribution in [-0.2, 0) is 17.5 Å². The number of unbranched alkanes of at least 4 members (excludes halogenated alkanes) is 3. The summed E-state index contributed by atoms with van der Waals surface area (Å²) in [5, 5.41) is 31.4. The Kier molecular flexibility index (Phi) is 10.1. The molecular weight excluding hydrogens is 547 g/mol. The molecule has 2 aromatic rings. The Bertz CT molecular complexity index is 1410. The van der Waals surface area contributed by atoms with Gasteiger partial charge in [0.1, 0.15) is 35.2 Å². The van der Waals surface area contributed by atoms with Crippen molar-refractivity contribution in [3.8, 4) is 6.07 Å². The van der Waals surface area contributed by atoms with Crippen molar-refractivity contribution in [3.05, 3.63) is 61.9 Å². The van der Waals surface area contributed by atoms with Crippen molar-refractivity contribution >= 4 is 11.6 Å². The number of ether oxygens (including phenoxy) is 1. The SMILES string of the molecule is C[N+](C)(C)c1ccc(C(=O)NCCCCCCn2c(=O)c(C(F)(F)F)cn([C@H]3C[C@H](O)[C@@H](CO)O3)c2=O)cc1C#N. The summed E-state index contributed by atoms with van der Waals surface area (Å²) in [6.07, 6.45) is -6.51. The van der Waals surface area contributed by atoms with Crippen LogP contribution in [0.3, 0.4) is 0 Å². The number of carbonyl (C=O) groups is 1. The zero-order valence-electron chi connectivity index (χ0n) is 23.1. The summed E-state index contributed by atoms with van der Waals surface area (Å²) in [6.45, 7) is -0.522. The van der Waals surface area contributed by atoms with Crippen molar-refractivity contribution in [2.75, 3.05) is 34.3 Å². The molecule has 0 aliphatic carbocycles. The number of aromatic nitrogens is 2. The maximum absolute atomic E-state index is 13.6. The van der Waals surface area contributed by atoms with Gasteiger partial charge in [0.15, 0.2) is 0 Å². The first kappa shape index (κ1) is 32.0. The van der Waals surface area contributed by atoms with Crippen LogP contribution in [0.25, 0.3) is 0 Å². The Balaban J connectivity index is 1.58. The van der Waals surface area contributed by atoms with E-state index in [1.807, 2.05) is 21.1 Å². The highest BCUT2D eigenvalue weighted by Gasteiger charge is 2.39. The summed E-state index contributed by atoms with van der Waals surface area (Å²) >= 11 is 0. The molecule has 0 saturated carbocycles. The van der Waals surface area contributed by atoms with Crippen molar-refractivity contribution in [1.82, 2.24) is 18.9 Å². The highest BCUT2D eigenvalue weighted by atomic mass is 19.4. The van der Waals surface area contributed by atoms with Crippen molar-refractivity contribution < 1.29 is 32.9 Å². The third-order valence-electron chi connectivity index (χ3n) is 6.89. The second-order valence-electron chi connectivity index (χ2n) is 10.8. The molecule has 2 heterocycles. The van der Waals surface area contributed by atoms with E-state index in [9.17, 15) is 43.0 Å². The normalized spacial score (nSPS) is 19.2. The van der Waals surface area contributed by atoms with E-state index in [-0.39, 0.29) is 25.3 Å². The lowest BCUT2D eigenvalue weighted by molar-refractivity contribution is -0.140. The van der Waals surface area contributed by atoms with Crippen LogP contribution in [0.4, 0.5) is 18.9 Å². The van der Waals surface area contributed by atoms with Gasteiger partial charge in [-0.15, -0.1) is 0 Å². The van der Waals surface area contributed by atoms with Crippen molar-refractivity contribution in [2.24, 2.45) is 0 Å². The van der Waals surface area contributed by atoms with Crippen LogP contribution in [0.2, 0.25) is 0 Å². The third-order valence-corrected chi connectivity index (χ3v) is 6.89. The van der Waals surface area contributed by atoms with Crippen LogP contribution in [0.5, 0.6) is 0 Å². The summed E-state index contributed by atoms with van der Waals surface area (Å²) in [5.74, 6) is -0.340. The maximum atomic E-state index is 13.6. The monoisotopic (exact) mass is 582 g/mol. The molecule has 1 aromatic carbocycles. The molecule has 41 heavy (non-hydrogen) atoms. The van der Waals surface area contributed by atoms with Crippen LogP contribution in [0, 0.1) is 11.3 Å². The Hall–Kier alpha value is -3.51. The summed E-state index contributed by atoms with van der Waals surface area (Å²) < 4.78 is 47.6. The molecule has 1 aliphatic heterocycles. The Morgan fingerprint density at radius 3 is 2.46 bits per heavy atom. The Labute approximate surface area is 234 Å². The van der Waals surface area contributed by atoms with Gasteiger partial charge in [0, 0.05) is 37.3 Å². The molecule has 1 saturated heterocycles. The van der Waals surface area contributed by atoms with Crippen LogP contribution in [-0.4, -0.2) is 71.8 Å². The lowest BCUT2D eigenvalue weighted by Crippen LogP contribution is -2.44. The van der Waals surface area contributed by atoms with E-state index in [2.05, 4.69) is 11.4 Å². The number of nitriles is 1. The smallest absolute Gasteiger partial charge is 0.394 e. The maximum Gasteiger partial charge on any atom is 0.423 e. The summed E-state index contributed by atoms with van der Waals surface area (Å²) in [5.41, 5.74) is -2.46. The molecule has 3 rings (SSSR count). The standard InChI is InChI=1S/C27H34F3N5O6/c1-35(2,3)20-9-8-17(12-18(20)14-31)24(38)32-10-6-4-5-7-11-33-25(39)19(27(28,29)30)15-34(26(33)40)23-13-21(37)22(16-36)41-23/h8-9,12,15,21-23,36-37H,4-7,10-11,13,16H2,1-3H3/p+1/t21-,22+,23+/m0/s1. The largest absolute Gasteiger partial charge is 0.423 e. The number of nitrogens with one attached hydrogen (secondary N) is 1. The van der Waals surface area contributed by atoms with Crippen LogP contribution in [0.1, 0.15) is 59.8 Å². The lowest BCUT2D eigenvalue weighted by Gasteiger charge is -2.24. The van der Waals surface area contributed by atoms with E-state index in [1.54, 1.807) is 12.1 Å². The minimum absolute atomic E-state index is 0.218. The fourth-order valence-corrected chi connectivity index (χ4v) is 4.67. The van der Waals surface area contributed by atoms with Gasteiger partial charge in [-0.25, -0.2) is 4.79 Å². The molecule has 1 aromatic heterocycles. The number of carbonyl (C=O) groups excluding carboxylic acids is 1. The van der Waals surface area contributed by atoms with Gasteiger partial charge < -0.3 is 20.3 Å². The molecule has 0 spiro atoms. The zero-order chi connectivity index (χ0) is 30.5. The second-order valence-corrected chi connectivity index (χ2v) is 10.8. The van der Waals surface area contributed by atoms with Gasteiger partial charge in [0.25, 0.3) is 11.5 Å². The number of benzene rings is 1. The van der Waals surface area contributed by atoms with Gasteiger partial charge in [-0.05, 0) is 25.0 Å². The van der Waals surface area contributed by atoms with E-state index in [0.29, 0.717) is 56.7 Å². The zero-order valence-corrected chi connectivity index (χ0v) is 23.1. The molecule has 0 radical (unpaired) electrons. The van der Waals surface area contributed by atoms with E-state index in [4.69, 9.17) is 4.74 Å². The van der Waals surface area contributed by atoms with Gasteiger partial charge in [-0.1, -0.05) is 12.8 Å². The molecule has 3 atom stereocenters. The topological polar surface area (TPSA) is 147 Å². The minimum Gasteiger partial charge on any atom is -0.394 e. The molecule has 1 aliphatic rings. The van der Waals surface area contributed by atoms with Gasteiger partial charge in [-0.3, -0.25) is 23.2 Å². The van der Waals surface area contributed by atoms with Crippen LogP contribution < -0.4 is 21.0 Å². The fraction of sp³-hybridized carbons (Fsp3) is 0.556. The minimum atomic E-state index is -5.01. The second kappa shape index (κ2) is 13.0. The molecule has 0 bridgehead atoms. The molecule has 14 heteroatoms. The predicted molar refractivity (Wildman–Crippen MR) is 143 cm³/mol. The quantitative estimate of drug-likeness (QED) is 0.270. The number of halogens is 3. The average Bonchev–Trinajstić information content (AvgIpc) is 3.28. The first-order valence-electron chi connectivity index (χ1n) is 13.2. The van der Waals surface area contributed by atoms with Gasteiger partial charge in [0.05, 0.1) is 33.9 Å². The number of aliphatic hydroxyl groups is 2. The number of alkyl halides is 3. The predicted octanol–water partition coefficient (Wildman–Crippen LogP) is 1.73. The van der Waals surface area contributed by atoms with E-state index in [0.717, 1.165) is 5.69 Å². The number of quaternary nitrogens is 1. The highest BCUT2D eigenvalue weighted by Crippen LogP contribution is 2.30. The summed E-state index contributed by atoms with van der Waals surface area (Å²) in [4.78, 5) is 37.9. The molecule has 11 nitrogen and oxygen atoms in total. The average molecular weight is 583 g/mol. The fourth-order valence-electron chi connectivity index (χ4n) is 4.67. The van der Waals surface area contributed by atoms with Crippen LogP contribution in [0.15, 0.2) is 34.0 Å². The van der Waals surface area contributed by atoms with Gasteiger partial charge in [-0.2, -0.15) is 18.4 Å². The van der Waals surface area contributed by atoms with E-state index < -0.39 is 48.0 Å². The van der Waals surface area contributed by atoms with Gasteiger partial charge >= 0.3 is 11.9 Å². The Morgan fingerprint density at radius 1 is 1.20 bits per heavy atom. The summed E-state index contributed by atoms with van der Waals surface area (Å²) in [6, 6.07) is 7.04. The number of amides is 1. The number of aliphatic hydroxyl groups excluding tert-OH is 2. The molecule has 1 amide bonds. The summed E-state index contributed by atoms with van der Waals surface area (Å²) in [7, 11) is 5.74. The number of nitrogens with zero attached hydrogens (tertiary/aromatic N) is 4. The molecule has 3 N–H and O–H groups in total. The lowest BCUT2D eigenvalue weighted by atomic mass is 10.1. The molecule has 0 unspecified atom stereocenters. The first-order chi connectivity index (χ1) is 19.2. The van der Waals surface area contributed by atoms with Crippen LogP contribution >= 0.6 is 0 Å². The van der Waals surface area contributed by atoms with Crippen molar-refractivity contribution in [1.29, 1.82) is 5.26 Å². The van der Waals surface area contributed by atoms with E-state index >= 15 is 0 Å². The van der Waals surface area contributed by atoms with Crippen molar-refractivity contribution in [2.45, 2.75) is 63.3 Å². The molecule has 1 fully saturated rings. The molecule has 224 valence electrons. The van der Waals surface area contributed by atoms with Crippen molar-refractivity contribution in [3.63, 3.8) is 0 Å². The number of hydrogen-bond acceptors (Lipinski definition) is 7. The Morgan fingerprint density at radius 2 is 1.88 bits per heavy atom. The van der Waals surface area contributed by atoms with E-state index in [1.165, 1.54) is 6.07 Å². The highest BCUT2D eigenvalue weighted by molar-refractivity contribution is 5.95. The third kappa shape index (κ3) is 7.62. The number of rotatable bonds is 11. The molecular formula is C27H35F3N5O6+. The van der Waals surface area contributed by atoms with Gasteiger partial charge in [0.2, 0.25) is 0 Å². The number of hydrogen-bond donors (Lipinski definition) is 3. The first-order valence-corrected chi connectivity index (χ1v) is 13.2.